The highest BCUT2D eigenvalue weighted by Crippen LogP contribution is 2.47. The molecule has 1 fully saturated rings. The van der Waals surface area contributed by atoms with Crippen molar-refractivity contribution in [3.63, 3.8) is 0 Å². The summed E-state index contributed by atoms with van der Waals surface area (Å²) < 4.78 is 10.1. The van der Waals surface area contributed by atoms with E-state index < -0.39 is 29.3 Å². The van der Waals surface area contributed by atoms with Gasteiger partial charge in [0.25, 0.3) is 5.91 Å². The van der Waals surface area contributed by atoms with Gasteiger partial charge in [-0.2, -0.15) is 0 Å². The number of aryl methyl sites for hydroxylation is 1. The van der Waals surface area contributed by atoms with Gasteiger partial charge in [0.15, 0.2) is 17.3 Å². The van der Waals surface area contributed by atoms with Crippen molar-refractivity contribution in [3.8, 4) is 0 Å². The van der Waals surface area contributed by atoms with Gasteiger partial charge in [0.2, 0.25) is 5.91 Å². The third-order valence-electron chi connectivity index (χ3n) is 6.59. The number of nitrogens with one attached hydrogen (secondary N) is 2. The van der Waals surface area contributed by atoms with Crippen LogP contribution in [0, 0.1) is 29.6 Å². The number of hydrogen-bond donors (Lipinski definition) is 2. The van der Waals surface area contributed by atoms with Crippen molar-refractivity contribution >= 4 is 23.4 Å². The average Bonchev–Trinajstić information content (AvgIpc) is 3.35. The Bertz CT molecular complexity index is 926. The Balaban J connectivity index is 2.16. The van der Waals surface area contributed by atoms with E-state index in [1.807, 2.05) is 41.5 Å². The van der Waals surface area contributed by atoms with Crippen molar-refractivity contribution in [2.75, 3.05) is 13.7 Å². The monoisotopic (exact) mass is 491 g/mol. The molecule has 2 N–H and O–H groups in total. The van der Waals surface area contributed by atoms with Gasteiger partial charge in [-0.3, -0.25) is 19.2 Å². The van der Waals surface area contributed by atoms with Gasteiger partial charge in [0.05, 0.1) is 12.6 Å². The molecule has 0 bridgehead atoms. The van der Waals surface area contributed by atoms with Crippen LogP contribution in [0.3, 0.4) is 0 Å². The summed E-state index contributed by atoms with van der Waals surface area (Å²) >= 11 is 0. The standard InChI is InChI=1S/C26H41N3O6/c1-15(2)11-18(22(31)26(7)9-10-26)27-23(32)17(25(4,5)6)13-21(30)20(14-34-8)28-24(33)19-12-16(3)35-29-19/h12,15,17-18,20H,9-11,13-14H2,1-8H3,(H,27,32)(H,28,33)/t17-,18+,20+/m1/s1. The lowest BCUT2D eigenvalue weighted by molar-refractivity contribution is -0.137. The van der Waals surface area contributed by atoms with Crippen LogP contribution in [0.4, 0.5) is 0 Å². The molecule has 9 heteroatoms. The first-order valence-electron chi connectivity index (χ1n) is 12.3. The molecule has 0 radical (unpaired) electrons. The van der Waals surface area contributed by atoms with Crippen LogP contribution in [0.2, 0.25) is 0 Å². The van der Waals surface area contributed by atoms with Crippen LogP contribution < -0.4 is 10.6 Å². The van der Waals surface area contributed by atoms with Crippen molar-refractivity contribution < 1.29 is 28.4 Å². The Morgan fingerprint density at radius 3 is 2.23 bits per heavy atom. The van der Waals surface area contributed by atoms with E-state index in [2.05, 4.69) is 15.8 Å². The molecule has 2 rings (SSSR count). The molecule has 1 aliphatic carbocycles. The van der Waals surface area contributed by atoms with Crippen LogP contribution in [-0.2, 0) is 19.1 Å². The summed E-state index contributed by atoms with van der Waals surface area (Å²) in [5.41, 5.74) is -0.864. The minimum atomic E-state index is -0.958. The molecule has 2 amide bonds. The zero-order chi connectivity index (χ0) is 26.6. The van der Waals surface area contributed by atoms with Crippen molar-refractivity contribution in [1.82, 2.24) is 15.8 Å². The quantitative estimate of drug-likeness (QED) is 0.433. The van der Waals surface area contributed by atoms with Crippen molar-refractivity contribution in [2.24, 2.45) is 22.7 Å². The number of carbonyl (C=O) groups is 4. The molecule has 35 heavy (non-hydrogen) atoms. The lowest BCUT2D eigenvalue weighted by Crippen LogP contribution is -2.51. The fraction of sp³-hybridized carbons (Fsp3) is 0.731. The van der Waals surface area contributed by atoms with E-state index in [9.17, 15) is 19.2 Å². The highest BCUT2D eigenvalue weighted by molar-refractivity contribution is 5.99. The Morgan fingerprint density at radius 1 is 1.14 bits per heavy atom. The number of ether oxygens (including phenoxy) is 1. The molecule has 196 valence electrons. The molecular weight excluding hydrogens is 450 g/mol. The van der Waals surface area contributed by atoms with E-state index in [-0.39, 0.29) is 47.5 Å². The molecule has 1 saturated carbocycles. The Hall–Kier alpha value is -2.55. The first-order valence-corrected chi connectivity index (χ1v) is 12.3. The van der Waals surface area contributed by atoms with E-state index in [0.717, 1.165) is 12.8 Å². The van der Waals surface area contributed by atoms with E-state index in [1.165, 1.54) is 13.2 Å². The minimum absolute atomic E-state index is 0.0489. The molecule has 9 nitrogen and oxygen atoms in total. The second-order valence-corrected chi connectivity index (χ2v) is 11.5. The summed E-state index contributed by atoms with van der Waals surface area (Å²) in [5.74, 6) is -1.17. The second-order valence-electron chi connectivity index (χ2n) is 11.5. The second kappa shape index (κ2) is 11.5. The Labute approximate surface area is 208 Å². The molecule has 0 aromatic carbocycles. The molecule has 1 aliphatic rings. The molecule has 1 heterocycles. The van der Waals surface area contributed by atoms with E-state index in [4.69, 9.17) is 9.26 Å². The summed E-state index contributed by atoms with van der Waals surface area (Å²) in [6.07, 6.45) is 2.10. The number of carbonyl (C=O) groups excluding carboxylic acids is 4. The Morgan fingerprint density at radius 2 is 1.77 bits per heavy atom. The Kier molecular flexibility index (Phi) is 9.39. The number of nitrogens with zero attached hydrogens (tertiary/aromatic N) is 1. The summed E-state index contributed by atoms with van der Waals surface area (Å²) in [7, 11) is 1.43. The van der Waals surface area contributed by atoms with Crippen LogP contribution in [0.5, 0.6) is 0 Å². The number of aromatic nitrogens is 1. The highest BCUT2D eigenvalue weighted by atomic mass is 16.5. The largest absolute Gasteiger partial charge is 0.382 e. The first kappa shape index (κ1) is 28.7. The third kappa shape index (κ3) is 7.98. The first-order chi connectivity index (χ1) is 16.2. The molecule has 0 saturated heterocycles. The van der Waals surface area contributed by atoms with Crippen LogP contribution >= 0.6 is 0 Å². The molecule has 3 atom stereocenters. The maximum Gasteiger partial charge on any atom is 0.274 e. The molecule has 1 aromatic heterocycles. The van der Waals surface area contributed by atoms with E-state index >= 15 is 0 Å². The van der Waals surface area contributed by atoms with Gasteiger partial charge in [-0.15, -0.1) is 0 Å². The van der Waals surface area contributed by atoms with Gasteiger partial charge < -0.3 is 19.9 Å². The zero-order valence-electron chi connectivity index (χ0n) is 22.3. The van der Waals surface area contributed by atoms with Gasteiger partial charge in [0, 0.05) is 30.9 Å². The number of ketones is 2. The predicted octanol–water partition coefficient (Wildman–Crippen LogP) is 3.25. The SMILES string of the molecule is COC[C@H](NC(=O)c1cc(C)on1)C(=O)C[C@H](C(=O)N[C@@H](CC(C)C)C(=O)C1(C)CC1)C(C)(C)C. The number of hydrogen-bond acceptors (Lipinski definition) is 7. The number of amides is 2. The van der Waals surface area contributed by atoms with Gasteiger partial charge in [-0.25, -0.2) is 0 Å². The van der Waals surface area contributed by atoms with Gasteiger partial charge in [-0.1, -0.05) is 46.7 Å². The maximum atomic E-state index is 13.4. The lowest BCUT2D eigenvalue weighted by atomic mass is 9.76. The van der Waals surface area contributed by atoms with Crippen LogP contribution in [0.1, 0.15) is 83.5 Å². The van der Waals surface area contributed by atoms with Gasteiger partial charge in [-0.05, 0) is 37.5 Å². The summed E-state index contributed by atoms with van der Waals surface area (Å²) in [6, 6.07) is -0.0677. The molecule has 0 aliphatic heterocycles. The molecule has 1 aromatic rings. The minimum Gasteiger partial charge on any atom is -0.382 e. The zero-order valence-corrected chi connectivity index (χ0v) is 22.3. The molecule has 0 unspecified atom stereocenters. The smallest absolute Gasteiger partial charge is 0.274 e. The van der Waals surface area contributed by atoms with Crippen LogP contribution in [0.15, 0.2) is 10.6 Å². The normalized spacial score (nSPS) is 17.4. The third-order valence-corrected chi connectivity index (χ3v) is 6.59. The topological polar surface area (TPSA) is 128 Å². The van der Waals surface area contributed by atoms with Crippen LogP contribution in [-0.4, -0.2) is 54.3 Å². The molecular formula is C26H41N3O6. The van der Waals surface area contributed by atoms with Gasteiger partial charge >= 0.3 is 0 Å². The number of rotatable bonds is 13. The summed E-state index contributed by atoms with van der Waals surface area (Å²) in [6.45, 7) is 13.2. The average molecular weight is 492 g/mol. The van der Waals surface area contributed by atoms with E-state index in [0.29, 0.717) is 12.2 Å². The van der Waals surface area contributed by atoms with Crippen molar-refractivity contribution in [3.05, 3.63) is 17.5 Å². The molecule has 0 spiro atoms. The number of methoxy groups -OCH3 is 1. The van der Waals surface area contributed by atoms with Gasteiger partial charge in [0.1, 0.15) is 11.8 Å². The maximum absolute atomic E-state index is 13.4. The van der Waals surface area contributed by atoms with Crippen LogP contribution in [0.25, 0.3) is 0 Å². The van der Waals surface area contributed by atoms with E-state index in [1.54, 1.807) is 6.92 Å². The predicted molar refractivity (Wildman–Crippen MR) is 131 cm³/mol. The van der Waals surface area contributed by atoms with Crippen molar-refractivity contribution in [2.45, 2.75) is 86.2 Å². The van der Waals surface area contributed by atoms with Crippen molar-refractivity contribution in [1.29, 1.82) is 0 Å². The highest BCUT2D eigenvalue weighted by Gasteiger charge is 2.48. The summed E-state index contributed by atoms with van der Waals surface area (Å²) in [5, 5.41) is 9.28. The number of Topliss-reactive ketones (excluding diaryl/α,β-unsaturated/α-hetero) is 2. The fourth-order valence-electron chi connectivity index (χ4n) is 4.05. The lowest BCUT2D eigenvalue weighted by Gasteiger charge is -2.32. The summed E-state index contributed by atoms with van der Waals surface area (Å²) in [4.78, 5) is 52.3. The fourth-order valence-corrected chi connectivity index (χ4v) is 4.05.